The number of fused-ring (bicyclic) bond motifs is 1. The average Bonchev–Trinajstić information content (AvgIpc) is 3.04. The minimum Gasteiger partial charge on any atom is -0.497 e. The van der Waals surface area contributed by atoms with Crippen LogP contribution < -0.4 is 9.47 Å². The predicted octanol–water partition coefficient (Wildman–Crippen LogP) is 3.55. The van der Waals surface area contributed by atoms with Crippen LogP contribution in [0.3, 0.4) is 0 Å². The van der Waals surface area contributed by atoms with E-state index in [0.29, 0.717) is 42.1 Å². The summed E-state index contributed by atoms with van der Waals surface area (Å²) in [5.74, 6) is 1.24. The molecular formula is C20H18INO4. The number of benzene rings is 2. The van der Waals surface area contributed by atoms with Gasteiger partial charge < -0.3 is 14.4 Å². The lowest BCUT2D eigenvalue weighted by atomic mass is 9.89. The predicted molar refractivity (Wildman–Crippen MR) is 105 cm³/mol. The van der Waals surface area contributed by atoms with Gasteiger partial charge in [0.15, 0.2) is 5.78 Å². The van der Waals surface area contributed by atoms with Crippen molar-refractivity contribution in [1.82, 2.24) is 4.90 Å². The molecule has 4 rings (SSSR count). The lowest BCUT2D eigenvalue weighted by Crippen LogP contribution is -2.45. The summed E-state index contributed by atoms with van der Waals surface area (Å²) >= 11 is 2.17. The van der Waals surface area contributed by atoms with Crippen LogP contribution in [0.1, 0.15) is 33.6 Å². The molecule has 1 atom stereocenters. The zero-order valence-corrected chi connectivity index (χ0v) is 16.5. The first kappa shape index (κ1) is 17.3. The standard InChI is InChI=1S/C20H18INO4/c1-25-13-6-7-18-15(10-13)17(23)11-20(26-18)8-9-22(12-20)19(24)14-4-2-3-5-16(14)21/h2-7,10H,8-9,11-12H2,1H3. The highest BCUT2D eigenvalue weighted by Crippen LogP contribution is 2.40. The summed E-state index contributed by atoms with van der Waals surface area (Å²) in [6, 6.07) is 12.8. The van der Waals surface area contributed by atoms with E-state index in [1.165, 1.54) is 0 Å². The van der Waals surface area contributed by atoms with Gasteiger partial charge in [0.25, 0.3) is 5.91 Å². The number of hydrogen-bond acceptors (Lipinski definition) is 4. The molecule has 0 aliphatic carbocycles. The van der Waals surface area contributed by atoms with Gasteiger partial charge >= 0.3 is 0 Å². The second-order valence-electron chi connectivity index (χ2n) is 6.70. The number of likely N-dealkylation sites (tertiary alicyclic amines) is 1. The molecule has 0 saturated carbocycles. The Balaban J connectivity index is 1.57. The van der Waals surface area contributed by atoms with E-state index in [-0.39, 0.29) is 18.1 Å². The van der Waals surface area contributed by atoms with E-state index in [0.717, 1.165) is 3.57 Å². The summed E-state index contributed by atoms with van der Waals surface area (Å²) in [4.78, 5) is 27.3. The van der Waals surface area contributed by atoms with Gasteiger partial charge in [-0.3, -0.25) is 9.59 Å². The van der Waals surface area contributed by atoms with Crippen LogP contribution in [0.5, 0.6) is 11.5 Å². The first-order valence-electron chi connectivity index (χ1n) is 8.45. The van der Waals surface area contributed by atoms with Crippen LogP contribution in [0.25, 0.3) is 0 Å². The number of methoxy groups -OCH3 is 1. The van der Waals surface area contributed by atoms with E-state index < -0.39 is 5.60 Å². The van der Waals surface area contributed by atoms with Crippen LogP contribution in [-0.2, 0) is 0 Å². The van der Waals surface area contributed by atoms with Gasteiger partial charge in [0.2, 0.25) is 0 Å². The molecule has 26 heavy (non-hydrogen) atoms. The van der Waals surface area contributed by atoms with E-state index in [4.69, 9.17) is 9.47 Å². The smallest absolute Gasteiger partial charge is 0.255 e. The van der Waals surface area contributed by atoms with Gasteiger partial charge in [-0.05, 0) is 52.9 Å². The van der Waals surface area contributed by atoms with Gasteiger partial charge in [-0.15, -0.1) is 0 Å². The normalized spacial score (nSPS) is 21.5. The van der Waals surface area contributed by atoms with Crippen LogP contribution in [0, 0.1) is 3.57 Å². The number of carbonyl (C=O) groups is 2. The summed E-state index contributed by atoms with van der Waals surface area (Å²) < 4.78 is 12.3. The molecule has 1 saturated heterocycles. The van der Waals surface area contributed by atoms with E-state index >= 15 is 0 Å². The lowest BCUT2D eigenvalue weighted by molar-refractivity contribution is 0.0427. The van der Waals surface area contributed by atoms with Crippen LogP contribution in [0.15, 0.2) is 42.5 Å². The summed E-state index contributed by atoms with van der Waals surface area (Å²) in [7, 11) is 1.57. The van der Waals surface area contributed by atoms with Crippen LogP contribution in [0.2, 0.25) is 0 Å². The topological polar surface area (TPSA) is 55.8 Å². The SMILES string of the molecule is COc1ccc2c(c1)C(=O)CC1(CCN(C(=O)c3ccccc3I)C1)O2. The number of hydrogen-bond donors (Lipinski definition) is 0. The molecule has 2 aliphatic heterocycles. The first-order chi connectivity index (χ1) is 12.5. The molecule has 2 aromatic rings. The van der Waals surface area contributed by atoms with Crippen molar-refractivity contribution in [3.05, 3.63) is 57.2 Å². The van der Waals surface area contributed by atoms with Crippen molar-refractivity contribution in [3.63, 3.8) is 0 Å². The number of carbonyl (C=O) groups excluding carboxylic acids is 2. The molecule has 1 amide bonds. The number of halogens is 1. The van der Waals surface area contributed by atoms with Crippen molar-refractivity contribution in [2.45, 2.75) is 18.4 Å². The molecule has 1 spiro atoms. The molecule has 1 fully saturated rings. The molecule has 0 N–H and O–H groups in total. The minimum atomic E-state index is -0.630. The van der Waals surface area contributed by atoms with E-state index in [2.05, 4.69) is 22.6 Å². The third-order valence-electron chi connectivity index (χ3n) is 5.00. The zero-order valence-electron chi connectivity index (χ0n) is 14.3. The van der Waals surface area contributed by atoms with E-state index in [1.54, 1.807) is 30.2 Å². The number of nitrogens with zero attached hydrogens (tertiary/aromatic N) is 1. The number of Topliss-reactive ketones (excluding diaryl/α,β-unsaturated/α-hetero) is 1. The largest absolute Gasteiger partial charge is 0.497 e. The fraction of sp³-hybridized carbons (Fsp3) is 0.300. The first-order valence-corrected chi connectivity index (χ1v) is 9.53. The highest BCUT2D eigenvalue weighted by atomic mass is 127. The quantitative estimate of drug-likeness (QED) is 0.640. The van der Waals surface area contributed by atoms with Crippen molar-refractivity contribution in [3.8, 4) is 11.5 Å². The molecule has 134 valence electrons. The third-order valence-corrected chi connectivity index (χ3v) is 5.94. The molecule has 2 aliphatic rings. The number of amides is 1. The fourth-order valence-electron chi connectivity index (χ4n) is 3.65. The number of ketones is 1. The molecule has 0 radical (unpaired) electrons. The molecule has 2 aromatic carbocycles. The van der Waals surface area contributed by atoms with Gasteiger partial charge in [0.1, 0.15) is 17.1 Å². The van der Waals surface area contributed by atoms with Crippen LogP contribution in [-0.4, -0.2) is 42.4 Å². The van der Waals surface area contributed by atoms with Gasteiger partial charge in [-0.2, -0.15) is 0 Å². The van der Waals surface area contributed by atoms with Crippen LogP contribution >= 0.6 is 22.6 Å². The maximum atomic E-state index is 12.9. The average molecular weight is 463 g/mol. The maximum absolute atomic E-state index is 12.9. The Hall–Kier alpha value is -2.09. The van der Waals surface area contributed by atoms with Gasteiger partial charge in [0.05, 0.1) is 31.2 Å². The van der Waals surface area contributed by atoms with E-state index in [9.17, 15) is 9.59 Å². The third kappa shape index (κ3) is 2.96. The van der Waals surface area contributed by atoms with Gasteiger partial charge in [0, 0.05) is 16.5 Å². The Bertz CT molecular complexity index is 897. The Morgan fingerprint density at radius 3 is 2.85 bits per heavy atom. The minimum absolute atomic E-state index is 0.0107. The molecule has 0 bridgehead atoms. The molecule has 5 nitrogen and oxygen atoms in total. The number of rotatable bonds is 2. The Labute approximate surface area is 165 Å². The number of ether oxygens (including phenoxy) is 2. The summed E-state index contributed by atoms with van der Waals surface area (Å²) in [6.07, 6.45) is 0.933. The van der Waals surface area contributed by atoms with Crippen molar-refractivity contribution >= 4 is 34.3 Å². The summed E-state index contributed by atoms with van der Waals surface area (Å²) in [5.41, 5.74) is 0.615. The van der Waals surface area contributed by atoms with Crippen molar-refractivity contribution in [1.29, 1.82) is 0 Å². The molecule has 1 unspecified atom stereocenters. The fourth-order valence-corrected chi connectivity index (χ4v) is 4.27. The highest BCUT2D eigenvalue weighted by Gasteiger charge is 2.47. The Kier molecular flexibility index (Phi) is 4.38. The second kappa shape index (κ2) is 6.57. The molecule has 2 heterocycles. The second-order valence-corrected chi connectivity index (χ2v) is 7.87. The summed E-state index contributed by atoms with van der Waals surface area (Å²) in [6.45, 7) is 1.01. The highest BCUT2D eigenvalue weighted by molar-refractivity contribution is 14.1. The maximum Gasteiger partial charge on any atom is 0.255 e. The monoisotopic (exact) mass is 463 g/mol. The van der Waals surface area contributed by atoms with Crippen molar-refractivity contribution < 1.29 is 19.1 Å². The van der Waals surface area contributed by atoms with E-state index in [1.807, 2.05) is 24.3 Å². The van der Waals surface area contributed by atoms with Crippen molar-refractivity contribution in [2.24, 2.45) is 0 Å². The summed E-state index contributed by atoms with van der Waals surface area (Å²) in [5, 5.41) is 0. The zero-order chi connectivity index (χ0) is 18.3. The van der Waals surface area contributed by atoms with Crippen molar-refractivity contribution in [2.75, 3.05) is 20.2 Å². The lowest BCUT2D eigenvalue weighted by Gasteiger charge is -2.34. The van der Waals surface area contributed by atoms with Crippen LogP contribution in [0.4, 0.5) is 0 Å². The molecule has 0 aromatic heterocycles. The van der Waals surface area contributed by atoms with Gasteiger partial charge in [-0.25, -0.2) is 0 Å². The molecular weight excluding hydrogens is 445 g/mol. The Morgan fingerprint density at radius 1 is 1.27 bits per heavy atom. The van der Waals surface area contributed by atoms with Gasteiger partial charge in [-0.1, -0.05) is 12.1 Å². The molecule has 6 heteroatoms. The Morgan fingerprint density at radius 2 is 2.08 bits per heavy atom.